The molecule has 40 heavy (non-hydrogen) atoms. The smallest absolute Gasteiger partial charge is 0.424 e. The van der Waals surface area contributed by atoms with Gasteiger partial charge < -0.3 is 25.3 Å². The van der Waals surface area contributed by atoms with Crippen molar-refractivity contribution in [2.45, 2.75) is 32.0 Å². The Morgan fingerprint density at radius 2 is 1.80 bits per heavy atom. The summed E-state index contributed by atoms with van der Waals surface area (Å²) in [7, 11) is 0. The number of primary amides is 1. The van der Waals surface area contributed by atoms with Crippen LogP contribution in [-0.2, 0) is 16.8 Å². The van der Waals surface area contributed by atoms with Crippen LogP contribution in [-0.4, -0.2) is 46.2 Å². The van der Waals surface area contributed by atoms with Gasteiger partial charge in [-0.1, -0.05) is 0 Å². The van der Waals surface area contributed by atoms with E-state index >= 15 is 0 Å². The molecule has 0 saturated carbocycles. The zero-order chi connectivity index (χ0) is 29.2. The van der Waals surface area contributed by atoms with Crippen molar-refractivity contribution in [3.05, 3.63) is 77.1 Å². The highest BCUT2D eigenvalue weighted by Crippen LogP contribution is 2.42. The first kappa shape index (κ1) is 28.5. The van der Waals surface area contributed by atoms with Crippen molar-refractivity contribution in [1.29, 1.82) is 0 Å². The number of fused-ring (bicyclic) bond motifs is 1. The quantitative estimate of drug-likeness (QED) is 0.263. The molecule has 2 aromatic heterocycles. The molecular formula is C27H24F4N4O5. The molecule has 210 valence electrons. The van der Waals surface area contributed by atoms with Gasteiger partial charge in [0.15, 0.2) is 11.5 Å². The fourth-order valence-electron chi connectivity index (χ4n) is 4.06. The fourth-order valence-corrected chi connectivity index (χ4v) is 4.06. The Labute approximate surface area is 225 Å². The van der Waals surface area contributed by atoms with Crippen molar-refractivity contribution in [2.24, 2.45) is 5.73 Å². The van der Waals surface area contributed by atoms with Gasteiger partial charge in [-0.3, -0.25) is 9.59 Å². The normalized spacial score (nSPS) is 13.2. The van der Waals surface area contributed by atoms with Gasteiger partial charge in [-0.2, -0.15) is 13.2 Å². The molecule has 0 saturated heterocycles. The van der Waals surface area contributed by atoms with E-state index in [1.54, 1.807) is 13.8 Å². The van der Waals surface area contributed by atoms with Gasteiger partial charge in [0.1, 0.15) is 22.8 Å². The lowest BCUT2D eigenvalue weighted by molar-refractivity contribution is -0.265. The Morgan fingerprint density at radius 3 is 2.42 bits per heavy atom. The summed E-state index contributed by atoms with van der Waals surface area (Å²) in [5, 5.41) is 13.1. The number of aliphatic hydroxyl groups is 1. The monoisotopic (exact) mass is 560 g/mol. The van der Waals surface area contributed by atoms with Crippen LogP contribution in [0.3, 0.4) is 0 Å². The van der Waals surface area contributed by atoms with Gasteiger partial charge in [-0.05, 0) is 55.5 Å². The SMILES string of the molecule is CCOc1c(CC(N)=O)cc([C@@](O)(CNC(=O)c2ccc3oc(C)nc3c2)C(F)(F)F)nc1-c1ccc(F)cc1. The minimum atomic E-state index is -5.34. The summed E-state index contributed by atoms with van der Waals surface area (Å²) in [6.45, 7) is 1.93. The zero-order valence-corrected chi connectivity index (χ0v) is 21.3. The molecule has 0 aliphatic heterocycles. The molecule has 2 heterocycles. The molecule has 2 aromatic carbocycles. The average molecular weight is 561 g/mol. The minimum absolute atomic E-state index is 0.0219. The van der Waals surface area contributed by atoms with Crippen LogP contribution in [0.1, 0.15) is 34.4 Å². The fraction of sp³-hybridized carbons (Fsp3) is 0.259. The number of carbonyl (C=O) groups is 2. The van der Waals surface area contributed by atoms with Crippen LogP contribution in [0.2, 0.25) is 0 Å². The van der Waals surface area contributed by atoms with Crippen molar-refractivity contribution in [3.63, 3.8) is 0 Å². The third kappa shape index (κ3) is 5.73. The van der Waals surface area contributed by atoms with Gasteiger partial charge in [-0.15, -0.1) is 0 Å². The van der Waals surface area contributed by atoms with Gasteiger partial charge in [0.05, 0.1) is 25.3 Å². The average Bonchev–Trinajstić information content (AvgIpc) is 3.26. The lowest BCUT2D eigenvalue weighted by Gasteiger charge is -2.31. The Balaban J connectivity index is 1.79. The number of hydrogen-bond acceptors (Lipinski definition) is 7. The van der Waals surface area contributed by atoms with Crippen LogP contribution >= 0.6 is 0 Å². The molecule has 0 radical (unpaired) electrons. The van der Waals surface area contributed by atoms with Gasteiger partial charge in [0, 0.05) is 23.6 Å². The Kier molecular flexibility index (Phi) is 7.78. The maximum Gasteiger partial charge on any atom is 0.424 e. The second kappa shape index (κ2) is 10.9. The van der Waals surface area contributed by atoms with Crippen LogP contribution in [0.4, 0.5) is 17.6 Å². The summed E-state index contributed by atoms with van der Waals surface area (Å²) < 4.78 is 67.8. The summed E-state index contributed by atoms with van der Waals surface area (Å²) in [4.78, 5) is 32.7. The van der Waals surface area contributed by atoms with E-state index < -0.39 is 48.1 Å². The number of rotatable bonds is 9. The van der Waals surface area contributed by atoms with Crippen LogP contribution in [0.15, 0.2) is 52.9 Å². The number of nitrogens with two attached hydrogens (primary N) is 1. The topological polar surface area (TPSA) is 141 Å². The highest BCUT2D eigenvalue weighted by Gasteiger charge is 2.56. The van der Waals surface area contributed by atoms with Crippen LogP contribution in [0, 0.1) is 12.7 Å². The third-order valence-electron chi connectivity index (χ3n) is 5.98. The van der Waals surface area contributed by atoms with Crippen molar-refractivity contribution in [3.8, 4) is 17.0 Å². The van der Waals surface area contributed by atoms with Crippen molar-refractivity contribution >= 4 is 22.9 Å². The molecule has 0 bridgehead atoms. The van der Waals surface area contributed by atoms with Gasteiger partial charge in [-0.25, -0.2) is 14.4 Å². The Bertz CT molecular complexity index is 1570. The molecule has 0 spiro atoms. The zero-order valence-electron chi connectivity index (χ0n) is 21.3. The molecule has 13 heteroatoms. The Hall–Kier alpha value is -4.52. The number of carbonyl (C=O) groups excluding carboxylic acids is 2. The molecule has 2 amide bonds. The van der Waals surface area contributed by atoms with Gasteiger partial charge >= 0.3 is 6.18 Å². The number of nitrogens with one attached hydrogen (secondary N) is 1. The number of aryl methyl sites for hydroxylation is 1. The summed E-state index contributed by atoms with van der Waals surface area (Å²) in [6, 6.07) is 9.61. The molecular weight excluding hydrogens is 536 g/mol. The third-order valence-corrected chi connectivity index (χ3v) is 5.98. The molecule has 0 fully saturated rings. The molecule has 0 aliphatic rings. The van der Waals surface area contributed by atoms with E-state index in [0.717, 1.165) is 18.2 Å². The number of oxazole rings is 1. The number of nitrogens with zero attached hydrogens (tertiary/aromatic N) is 2. The first-order valence-corrected chi connectivity index (χ1v) is 12.0. The van der Waals surface area contributed by atoms with E-state index in [1.807, 2.05) is 0 Å². The van der Waals surface area contributed by atoms with Crippen LogP contribution < -0.4 is 15.8 Å². The number of pyridine rings is 1. The molecule has 0 unspecified atom stereocenters. The lowest BCUT2D eigenvalue weighted by atomic mass is 9.93. The first-order chi connectivity index (χ1) is 18.8. The van der Waals surface area contributed by atoms with E-state index in [1.165, 1.54) is 30.3 Å². The number of amides is 2. The lowest BCUT2D eigenvalue weighted by Crippen LogP contribution is -2.51. The van der Waals surface area contributed by atoms with E-state index in [0.29, 0.717) is 17.0 Å². The van der Waals surface area contributed by atoms with Crippen LogP contribution in [0.5, 0.6) is 5.75 Å². The number of benzene rings is 2. The van der Waals surface area contributed by atoms with Crippen LogP contribution in [0.25, 0.3) is 22.4 Å². The Morgan fingerprint density at radius 1 is 1.10 bits per heavy atom. The van der Waals surface area contributed by atoms with Gasteiger partial charge in [0.2, 0.25) is 11.5 Å². The summed E-state index contributed by atoms with van der Waals surface area (Å²) >= 11 is 0. The highest BCUT2D eigenvalue weighted by atomic mass is 19.4. The number of hydrogen-bond donors (Lipinski definition) is 3. The van der Waals surface area contributed by atoms with Gasteiger partial charge in [0.25, 0.3) is 5.91 Å². The summed E-state index contributed by atoms with van der Waals surface area (Å²) in [6.07, 6.45) is -5.88. The molecule has 1 atom stereocenters. The first-order valence-electron chi connectivity index (χ1n) is 12.0. The number of aromatic nitrogens is 2. The molecule has 0 aliphatic carbocycles. The maximum absolute atomic E-state index is 14.4. The highest BCUT2D eigenvalue weighted by molar-refractivity contribution is 5.97. The van der Waals surface area contributed by atoms with Crippen molar-refractivity contribution in [1.82, 2.24) is 15.3 Å². The predicted molar refractivity (Wildman–Crippen MR) is 135 cm³/mol. The minimum Gasteiger partial charge on any atom is -0.491 e. The van der Waals surface area contributed by atoms with Crippen molar-refractivity contribution < 1.29 is 41.4 Å². The number of alkyl halides is 3. The second-order valence-corrected chi connectivity index (χ2v) is 8.88. The molecule has 4 aromatic rings. The number of ether oxygens (including phenoxy) is 1. The van der Waals surface area contributed by atoms with E-state index in [9.17, 15) is 32.3 Å². The molecule has 9 nitrogen and oxygen atoms in total. The standard InChI is InChI=1S/C27H24F4N4O5/c1-3-39-24-17(12-22(32)36)11-21(35-23(24)15-4-7-18(28)8-5-15)26(38,27(29,30)31)13-33-25(37)16-6-9-20-19(10-16)34-14(2)40-20/h4-11,38H,3,12-13H2,1-2H3,(H2,32,36)(H,33,37)/t26-/m0/s1. The second-order valence-electron chi connectivity index (χ2n) is 8.88. The van der Waals surface area contributed by atoms with E-state index in [4.69, 9.17) is 14.9 Å². The largest absolute Gasteiger partial charge is 0.491 e. The maximum atomic E-state index is 14.4. The van der Waals surface area contributed by atoms with E-state index in [-0.39, 0.29) is 34.7 Å². The number of halogens is 4. The van der Waals surface area contributed by atoms with Crippen molar-refractivity contribution in [2.75, 3.05) is 13.2 Å². The molecule has 4 N–H and O–H groups in total. The summed E-state index contributed by atoms with van der Waals surface area (Å²) in [5.41, 5.74) is 1.27. The van der Waals surface area contributed by atoms with E-state index in [2.05, 4.69) is 15.3 Å². The molecule has 4 rings (SSSR count). The summed E-state index contributed by atoms with van der Waals surface area (Å²) in [5.74, 6) is -2.13. The predicted octanol–water partition coefficient (Wildman–Crippen LogP) is 3.94.